The summed E-state index contributed by atoms with van der Waals surface area (Å²) in [6.45, 7) is 3.93. The summed E-state index contributed by atoms with van der Waals surface area (Å²) in [4.78, 5) is 16.4. The molecule has 10 heteroatoms. The zero-order chi connectivity index (χ0) is 19.4. The van der Waals surface area contributed by atoms with Gasteiger partial charge < -0.3 is 9.64 Å². The van der Waals surface area contributed by atoms with Crippen molar-refractivity contribution < 1.29 is 18.1 Å². The lowest BCUT2D eigenvalue weighted by Gasteiger charge is -2.34. The van der Waals surface area contributed by atoms with Crippen LogP contribution in [0.15, 0.2) is 47.5 Å². The van der Waals surface area contributed by atoms with Crippen LogP contribution in [-0.2, 0) is 10.0 Å². The van der Waals surface area contributed by atoms with Gasteiger partial charge in [0, 0.05) is 32.2 Å². The Morgan fingerprint density at radius 3 is 2.30 bits per heavy atom. The Morgan fingerprint density at radius 1 is 1.11 bits per heavy atom. The quantitative estimate of drug-likeness (QED) is 0.546. The number of hydrogen-bond acceptors (Lipinski definition) is 7. The predicted octanol–water partition coefficient (Wildman–Crippen LogP) is 1.90. The molecular formula is C17H20N4O5S. The third kappa shape index (κ3) is 4.17. The molecule has 0 unspecified atom stereocenters. The molecule has 27 heavy (non-hydrogen) atoms. The third-order valence-corrected chi connectivity index (χ3v) is 6.19. The minimum atomic E-state index is -3.58. The number of pyridine rings is 1. The smallest absolute Gasteiger partial charge is 0.287 e. The normalized spacial score (nSPS) is 15.5. The van der Waals surface area contributed by atoms with E-state index in [1.807, 2.05) is 11.8 Å². The van der Waals surface area contributed by atoms with Crippen molar-refractivity contribution in [3.05, 3.63) is 52.7 Å². The number of ether oxygens (including phenoxy) is 1. The minimum Gasteiger partial charge on any atom is -0.494 e. The van der Waals surface area contributed by atoms with Gasteiger partial charge in [-0.05, 0) is 37.3 Å². The number of aromatic nitrogens is 1. The minimum absolute atomic E-state index is 0.0736. The van der Waals surface area contributed by atoms with Gasteiger partial charge in [0.1, 0.15) is 17.8 Å². The standard InChI is InChI=1S/C17H20N4O5S/c1-2-26-15-4-6-16(7-5-15)27(24,25)20-11-9-19(10-12-20)17-8-3-14(13-18-17)21(22)23/h3-8,13H,2,9-12H2,1H3. The molecule has 1 aromatic heterocycles. The van der Waals surface area contributed by atoms with E-state index in [2.05, 4.69) is 4.98 Å². The van der Waals surface area contributed by atoms with Crippen LogP contribution in [0.2, 0.25) is 0 Å². The van der Waals surface area contributed by atoms with Crippen LogP contribution in [0, 0.1) is 10.1 Å². The lowest BCUT2D eigenvalue weighted by molar-refractivity contribution is -0.385. The maximum atomic E-state index is 12.8. The van der Waals surface area contributed by atoms with Gasteiger partial charge in [-0.1, -0.05) is 0 Å². The van der Waals surface area contributed by atoms with Crippen molar-refractivity contribution in [3.8, 4) is 5.75 Å². The molecular weight excluding hydrogens is 372 g/mol. The first kappa shape index (κ1) is 19.1. The highest BCUT2D eigenvalue weighted by molar-refractivity contribution is 7.89. The number of hydrogen-bond donors (Lipinski definition) is 0. The molecule has 0 bridgehead atoms. The van der Waals surface area contributed by atoms with E-state index in [4.69, 9.17) is 4.74 Å². The Labute approximate surface area is 157 Å². The molecule has 9 nitrogen and oxygen atoms in total. The number of nitro groups is 1. The molecule has 0 N–H and O–H groups in total. The van der Waals surface area contributed by atoms with Gasteiger partial charge in [-0.2, -0.15) is 4.31 Å². The lowest BCUT2D eigenvalue weighted by atomic mass is 10.3. The summed E-state index contributed by atoms with van der Waals surface area (Å²) in [5.74, 6) is 1.23. The first-order valence-electron chi connectivity index (χ1n) is 8.50. The molecule has 0 spiro atoms. The van der Waals surface area contributed by atoms with Crippen LogP contribution in [0.5, 0.6) is 5.75 Å². The first-order chi connectivity index (χ1) is 12.9. The van der Waals surface area contributed by atoms with E-state index in [0.29, 0.717) is 44.4 Å². The molecule has 2 aromatic rings. The van der Waals surface area contributed by atoms with Crippen molar-refractivity contribution in [1.82, 2.24) is 9.29 Å². The number of sulfonamides is 1. The van der Waals surface area contributed by atoms with Gasteiger partial charge in [-0.3, -0.25) is 10.1 Å². The number of anilines is 1. The van der Waals surface area contributed by atoms with Crippen LogP contribution < -0.4 is 9.64 Å². The molecule has 0 atom stereocenters. The van der Waals surface area contributed by atoms with Crippen molar-refractivity contribution in [2.45, 2.75) is 11.8 Å². The van der Waals surface area contributed by atoms with Gasteiger partial charge in [-0.15, -0.1) is 0 Å². The molecule has 1 aliphatic rings. The summed E-state index contributed by atoms with van der Waals surface area (Å²) in [6.07, 6.45) is 1.21. The topological polar surface area (TPSA) is 106 Å². The second-order valence-electron chi connectivity index (χ2n) is 5.93. The maximum absolute atomic E-state index is 12.8. The van der Waals surface area contributed by atoms with Crippen LogP contribution in [0.3, 0.4) is 0 Å². The summed E-state index contributed by atoms with van der Waals surface area (Å²) in [5, 5.41) is 10.7. The average molecular weight is 392 g/mol. The second kappa shape index (κ2) is 7.89. The lowest BCUT2D eigenvalue weighted by Crippen LogP contribution is -2.48. The molecule has 0 radical (unpaired) electrons. The molecule has 0 saturated carbocycles. The number of piperazine rings is 1. The fourth-order valence-corrected chi connectivity index (χ4v) is 4.28. The highest BCUT2D eigenvalue weighted by atomic mass is 32.2. The van der Waals surface area contributed by atoms with Crippen LogP contribution in [0.1, 0.15) is 6.92 Å². The van der Waals surface area contributed by atoms with Crippen molar-refractivity contribution in [3.63, 3.8) is 0 Å². The van der Waals surface area contributed by atoms with Gasteiger partial charge in [0.05, 0.1) is 16.4 Å². The van der Waals surface area contributed by atoms with Crippen molar-refractivity contribution >= 4 is 21.5 Å². The summed E-state index contributed by atoms with van der Waals surface area (Å²) < 4.78 is 32.4. The first-order valence-corrected chi connectivity index (χ1v) is 9.94. The maximum Gasteiger partial charge on any atom is 0.287 e. The Kier molecular flexibility index (Phi) is 5.57. The second-order valence-corrected chi connectivity index (χ2v) is 7.87. The summed E-state index contributed by atoms with van der Waals surface area (Å²) in [5.41, 5.74) is -0.0736. The molecule has 2 heterocycles. The van der Waals surface area contributed by atoms with E-state index in [0.717, 1.165) is 0 Å². The molecule has 1 saturated heterocycles. The zero-order valence-corrected chi connectivity index (χ0v) is 15.6. The van der Waals surface area contributed by atoms with Crippen LogP contribution in [0.25, 0.3) is 0 Å². The van der Waals surface area contributed by atoms with Gasteiger partial charge in [0.25, 0.3) is 5.69 Å². The summed E-state index contributed by atoms with van der Waals surface area (Å²) in [6, 6.07) is 9.36. The molecule has 1 aromatic carbocycles. The fraction of sp³-hybridized carbons (Fsp3) is 0.353. The number of nitrogens with zero attached hydrogens (tertiary/aromatic N) is 4. The van der Waals surface area contributed by atoms with E-state index in [-0.39, 0.29) is 10.6 Å². The summed E-state index contributed by atoms with van der Waals surface area (Å²) in [7, 11) is -3.58. The van der Waals surface area contributed by atoms with Gasteiger partial charge in [-0.25, -0.2) is 13.4 Å². The number of rotatable bonds is 6. The molecule has 1 aliphatic heterocycles. The van der Waals surface area contributed by atoms with Crippen molar-refractivity contribution in [1.29, 1.82) is 0 Å². The predicted molar refractivity (Wildman–Crippen MR) is 99.5 cm³/mol. The highest BCUT2D eigenvalue weighted by Gasteiger charge is 2.29. The Balaban J connectivity index is 1.66. The molecule has 3 rings (SSSR count). The molecule has 1 fully saturated rings. The van der Waals surface area contributed by atoms with E-state index in [9.17, 15) is 18.5 Å². The summed E-state index contributed by atoms with van der Waals surface area (Å²) >= 11 is 0. The molecule has 0 amide bonds. The fourth-order valence-electron chi connectivity index (χ4n) is 2.85. The van der Waals surface area contributed by atoms with E-state index >= 15 is 0 Å². The molecule has 144 valence electrons. The Bertz CT molecular complexity index is 892. The van der Waals surface area contributed by atoms with Gasteiger partial charge in [0.15, 0.2) is 0 Å². The van der Waals surface area contributed by atoms with E-state index < -0.39 is 14.9 Å². The van der Waals surface area contributed by atoms with Crippen molar-refractivity contribution in [2.24, 2.45) is 0 Å². The highest BCUT2D eigenvalue weighted by Crippen LogP contribution is 2.23. The van der Waals surface area contributed by atoms with Crippen LogP contribution >= 0.6 is 0 Å². The van der Waals surface area contributed by atoms with Gasteiger partial charge in [0.2, 0.25) is 10.0 Å². The molecule has 0 aliphatic carbocycles. The van der Waals surface area contributed by atoms with Crippen LogP contribution in [-0.4, -0.2) is 55.4 Å². The van der Waals surface area contributed by atoms with E-state index in [1.165, 1.54) is 16.6 Å². The number of benzene rings is 1. The van der Waals surface area contributed by atoms with E-state index in [1.54, 1.807) is 30.3 Å². The average Bonchev–Trinajstić information content (AvgIpc) is 2.69. The Hall–Kier alpha value is -2.72. The van der Waals surface area contributed by atoms with Crippen LogP contribution in [0.4, 0.5) is 11.5 Å². The van der Waals surface area contributed by atoms with Crippen molar-refractivity contribution in [2.75, 3.05) is 37.7 Å². The van der Waals surface area contributed by atoms with Gasteiger partial charge >= 0.3 is 0 Å². The SMILES string of the molecule is CCOc1ccc(S(=O)(=O)N2CCN(c3ccc([N+](=O)[O-])cn3)CC2)cc1. The zero-order valence-electron chi connectivity index (χ0n) is 14.8. The largest absolute Gasteiger partial charge is 0.494 e. The Morgan fingerprint density at radius 2 is 1.78 bits per heavy atom. The third-order valence-electron chi connectivity index (χ3n) is 4.28. The monoisotopic (exact) mass is 392 g/mol.